The lowest BCUT2D eigenvalue weighted by atomic mass is 10.3. The number of hydrogen-bond acceptors (Lipinski definition) is 4. The van der Waals surface area contributed by atoms with E-state index >= 15 is 0 Å². The SMILES string of the molecule is O=[N+]([O-])c1cc(CNc2ccc(Br)cc2)cs1. The summed E-state index contributed by atoms with van der Waals surface area (Å²) in [5.74, 6) is 0. The van der Waals surface area contributed by atoms with Crippen LogP contribution in [0, 0.1) is 10.1 Å². The van der Waals surface area contributed by atoms with Crippen molar-refractivity contribution in [3.63, 3.8) is 0 Å². The Hall–Kier alpha value is -1.40. The molecule has 0 spiro atoms. The number of hydrogen-bond donors (Lipinski definition) is 1. The Bertz CT molecular complexity index is 525. The highest BCUT2D eigenvalue weighted by Gasteiger charge is 2.08. The molecule has 0 atom stereocenters. The minimum absolute atomic E-state index is 0.178. The normalized spacial score (nSPS) is 10.2. The Labute approximate surface area is 111 Å². The van der Waals surface area contributed by atoms with Crippen molar-refractivity contribution in [2.75, 3.05) is 5.32 Å². The zero-order chi connectivity index (χ0) is 12.3. The van der Waals surface area contributed by atoms with Gasteiger partial charge in [0, 0.05) is 28.2 Å². The van der Waals surface area contributed by atoms with Crippen molar-refractivity contribution in [1.82, 2.24) is 0 Å². The lowest BCUT2D eigenvalue weighted by Crippen LogP contribution is -1.97. The second kappa shape index (κ2) is 5.29. The average Bonchev–Trinajstić information content (AvgIpc) is 2.77. The number of rotatable bonds is 4. The van der Waals surface area contributed by atoms with Crippen LogP contribution in [0.4, 0.5) is 10.7 Å². The molecular weight excluding hydrogens is 304 g/mol. The summed E-state index contributed by atoms with van der Waals surface area (Å²) in [7, 11) is 0. The van der Waals surface area contributed by atoms with Crippen molar-refractivity contribution in [3.05, 3.63) is 55.9 Å². The van der Waals surface area contributed by atoms with E-state index in [9.17, 15) is 10.1 Å². The number of halogens is 1. The maximum absolute atomic E-state index is 10.5. The molecule has 0 radical (unpaired) electrons. The zero-order valence-electron chi connectivity index (χ0n) is 8.72. The molecule has 0 saturated heterocycles. The fourth-order valence-electron chi connectivity index (χ4n) is 1.32. The number of nitro groups is 1. The molecule has 0 aliphatic carbocycles. The van der Waals surface area contributed by atoms with E-state index in [1.54, 1.807) is 11.4 Å². The molecule has 2 rings (SSSR count). The summed E-state index contributed by atoms with van der Waals surface area (Å²) >= 11 is 4.51. The number of anilines is 1. The van der Waals surface area contributed by atoms with E-state index in [4.69, 9.17) is 0 Å². The first-order valence-electron chi connectivity index (χ1n) is 4.86. The lowest BCUT2D eigenvalue weighted by Gasteiger charge is -2.04. The number of nitrogens with one attached hydrogen (secondary N) is 1. The van der Waals surface area contributed by atoms with Crippen molar-refractivity contribution < 1.29 is 4.92 Å². The molecular formula is C11H9BrN2O2S. The summed E-state index contributed by atoms with van der Waals surface area (Å²) < 4.78 is 1.02. The topological polar surface area (TPSA) is 55.2 Å². The van der Waals surface area contributed by atoms with E-state index in [1.165, 1.54) is 0 Å². The fourth-order valence-corrected chi connectivity index (χ4v) is 2.32. The molecule has 4 nitrogen and oxygen atoms in total. The molecule has 2 aromatic rings. The van der Waals surface area contributed by atoms with Gasteiger partial charge in [0.15, 0.2) is 0 Å². The van der Waals surface area contributed by atoms with Gasteiger partial charge in [-0.3, -0.25) is 10.1 Å². The Morgan fingerprint density at radius 2 is 2.06 bits per heavy atom. The largest absolute Gasteiger partial charge is 0.381 e. The van der Waals surface area contributed by atoms with Gasteiger partial charge in [-0.2, -0.15) is 0 Å². The van der Waals surface area contributed by atoms with Gasteiger partial charge in [-0.15, -0.1) is 0 Å². The Kier molecular flexibility index (Phi) is 3.75. The van der Waals surface area contributed by atoms with Crippen molar-refractivity contribution in [2.24, 2.45) is 0 Å². The van der Waals surface area contributed by atoms with Gasteiger partial charge in [0.05, 0.1) is 4.92 Å². The maximum Gasteiger partial charge on any atom is 0.324 e. The van der Waals surface area contributed by atoms with E-state index in [0.29, 0.717) is 6.54 Å². The first-order chi connectivity index (χ1) is 8.15. The maximum atomic E-state index is 10.5. The summed E-state index contributed by atoms with van der Waals surface area (Å²) in [5.41, 5.74) is 1.91. The number of thiophene rings is 1. The molecule has 1 aromatic heterocycles. The van der Waals surface area contributed by atoms with Crippen LogP contribution >= 0.6 is 27.3 Å². The van der Waals surface area contributed by atoms with Gasteiger partial charge in [-0.1, -0.05) is 27.3 Å². The monoisotopic (exact) mass is 312 g/mol. The second-order valence-corrected chi connectivity index (χ2v) is 5.22. The van der Waals surface area contributed by atoms with Crippen LogP contribution < -0.4 is 5.32 Å². The zero-order valence-corrected chi connectivity index (χ0v) is 11.1. The second-order valence-electron chi connectivity index (χ2n) is 3.41. The first-order valence-corrected chi connectivity index (χ1v) is 6.53. The van der Waals surface area contributed by atoms with Crippen LogP contribution in [-0.4, -0.2) is 4.92 Å². The Balaban J connectivity index is 1.97. The molecule has 88 valence electrons. The Morgan fingerprint density at radius 3 is 2.65 bits per heavy atom. The molecule has 6 heteroatoms. The van der Waals surface area contributed by atoms with Gasteiger partial charge in [0.2, 0.25) is 0 Å². The van der Waals surface area contributed by atoms with Crippen LogP contribution in [0.1, 0.15) is 5.56 Å². The van der Waals surface area contributed by atoms with Gasteiger partial charge < -0.3 is 5.32 Å². The third-order valence-corrected chi connectivity index (χ3v) is 3.62. The van der Waals surface area contributed by atoms with E-state index in [1.807, 2.05) is 24.3 Å². The molecule has 0 saturated carbocycles. The van der Waals surface area contributed by atoms with Crippen molar-refractivity contribution in [2.45, 2.75) is 6.54 Å². The van der Waals surface area contributed by atoms with Crippen LogP contribution in [0.5, 0.6) is 0 Å². The van der Waals surface area contributed by atoms with Crippen LogP contribution in [0.15, 0.2) is 40.2 Å². The molecule has 1 heterocycles. The molecule has 0 aliphatic heterocycles. The van der Waals surface area contributed by atoms with Crippen LogP contribution in [0.3, 0.4) is 0 Å². The van der Waals surface area contributed by atoms with Gasteiger partial charge in [0.1, 0.15) is 0 Å². The minimum Gasteiger partial charge on any atom is -0.381 e. The minimum atomic E-state index is -0.367. The molecule has 17 heavy (non-hydrogen) atoms. The predicted octanol–water partition coefficient (Wildman–Crippen LogP) is 4.03. The van der Waals surface area contributed by atoms with E-state index < -0.39 is 0 Å². The average molecular weight is 313 g/mol. The predicted molar refractivity (Wildman–Crippen MR) is 72.4 cm³/mol. The molecule has 0 amide bonds. The molecule has 0 unspecified atom stereocenters. The van der Waals surface area contributed by atoms with Gasteiger partial charge in [0.25, 0.3) is 0 Å². The molecule has 0 fully saturated rings. The van der Waals surface area contributed by atoms with Crippen LogP contribution in [-0.2, 0) is 6.54 Å². The standard InChI is InChI=1S/C11H9BrN2O2S/c12-9-1-3-10(4-2-9)13-6-8-5-11(14(15)16)17-7-8/h1-5,7,13H,6H2. The van der Waals surface area contributed by atoms with Gasteiger partial charge in [-0.05, 0) is 29.8 Å². The van der Waals surface area contributed by atoms with Gasteiger partial charge >= 0.3 is 5.00 Å². The highest BCUT2D eigenvalue weighted by atomic mass is 79.9. The summed E-state index contributed by atoms with van der Waals surface area (Å²) in [4.78, 5) is 10.1. The van der Waals surface area contributed by atoms with Crippen molar-refractivity contribution in [1.29, 1.82) is 0 Å². The molecule has 0 aliphatic rings. The smallest absolute Gasteiger partial charge is 0.324 e. The van der Waals surface area contributed by atoms with Crippen molar-refractivity contribution in [3.8, 4) is 0 Å². The molecule has 1 N–H and O–H groups in total. The Morgan fingerprint density at radius 1 is 1.35 bits per heavy atom. The fraction of sp³-hybridized carbons (Fsp3) is 0.0909. The lowest BCUT2D eigenvalue weighted by molar-refractivity contribution is -0.380. The number of benzene rings is 1. The van der Waals surface area contributed by atoms with E-state index in [-0.39, 0.29) is 9.92 Å². The third-order valence-electron chi connectivity index (χ3n) is 2.16. The van der Waals surface area contributed by atoms with Crippen LogP contribution in [0.25, 0.3) is 0 Å². The van der Waals surface area contributed by atoms with Crippen molar-refractivity contribution >= 4 is 38.0 Å². The van der Waals surface area contributed by atoms with Gasteiger partial charge in [-0.25, -0.2) is 0 Å². The summed E-state index contributed by atoms with van der Waals surface area (Å²) in [5, 5.41) is 15.7. The highest BCUT2D eigenvalue weighted by Crippen LogP contribution is 2.23. The quantitative estimate of drug-likeness (QED) is 0.685. The van der Waals surface area contributed by atoms with E-state index in [2.05, 4.69) is 21.2 Å². The van der Waals surface area contributed by atoms with Crippen LogP contribution in [0.2, 0.25) is 0 Å². The van der Waals surface area contributed by atoms with E-state index in [0.717, 1.165) is 27.1 Å². The summed E-state index contributed by atoms with van der Waals surface area (Å²) in [6, 6.07) is 9.38. The third kappa shape index (κ3) is 3.28. The first kappa shape index (κ1) is 12.1. The number of nitrogens with zero attached hydrogens (tertiary/aromatic N) is 1. The molecule has 1 aromatic carbocycles. The summed E-state index contributed by atoms with van der Waals surface area (Å²) in [6.07, 6.45) is 0. The summed E-state index contributed by atoms with van der Waals surface area (Å²) in [6.45, 7) is 0.589. The molecule has 0 bridgehead atoms. The highest BCUT2D eigenvalue weighted by molar-refractivity contribution is 9.10.